The SMILES string of the molecule is CC(C)c1cnn2c(NCc3nc4cc(C(F)(F)F)ccc4s3)cc(NC[C@H]3CCNC[C@@H]3O)nc12. The summed E-state index contributed by atoms with van der Waals surface area (Å²) in [5.74, 6) is 1.70. The van der Waals surface area contributed by atoms with E-state index in [1.54, 1.807) is 10.7 Å². The molecule has 4 heterocycles. The third-order valence-corrected chi connectivity index (χ3v) is 7.47. The van der Waals surface area contributed by atoms with Crippen LogP contribution in [0, 0.1) is 5.92 Å². The first kappa shape index (κ1) is 24.7. The summed E-state index contributed by atoms with van der Waals surface area (Å²) in [4.78, 5) is 9.19. The van der Waals surface area contributed by atoms with Gasteiger partial charge in [0.15, 0.2) is 5.65 Å². The number of hydrogen-bond donors (Lipinski definition) is 4. The van der Waals surface area contributed by atoms with Crippen molar-refractivity contribution in [2.75, 3.05) is 30.3 Å². The van der Waals surface area contributed by atoms with E-state index < -0.39 is 17.8 Å². The Balaban J connectivity index is 1.39. The Morgan fingerprint density at radius 3 is 2.81 bits per heavy atom. The molecule has 1 saturated heterocycles. The maximum Gasteiger partial charge on any atom is 0.416 e. The maximum atomic E-state index is 13.1. The zero-order valence-electron chi connectivity index (χ0n) is 19.9. The molecule has 1 aliphatic rings. The summed E-state index contributed by atoms with van der Waals surface area (Å²) in [7, 11) is 0. The van der Waals surface area contributed by atoms with E-state index >= 15 is 0 Å². The number of alkyl halides is 3. The molecule has 36 heavy (non-hydrogen) atoms. The minimum absolute atomic E-state index is 0.125. The van der Waals surface area contributed by atoms with E-state index in [9.17, 15) is 18.3 Å². The first-order valence-corrected chi connectivity index (χ1v) is 12.7. The lowest BCUT2D eigenvalue weighted by Crippen LogP contribution is -2.43. The van der Waals surface area contributed by atoms with Gasteiger partial charge in [-0.05, 0) is 37.1 Å². The second kappa shape index (κ2) is 9.83. The molecule has 0 radical (unpaired) electrons. The molecular formula is C24H28F3N7OS. The van der Waals surface area contributed by atoms with Gasteiger partial charge in [-0.1, -0.05) is 13.8 Å². The highest BCUT2D eigenvalue weighted by Crippen LogP contribution is 2.33. The molecule has 0 aliphatic carbocycles. The number of aromatic nitrogens is 4. The number of anilines is 2. The minimum atomic E-state index is -4.40. The highest BCUT2D eigenvalue weighted by molar-refractivity contribution is 7.18. The fourth-order valence-corrected chi connectivity index (χ4v) is 5.25. The van der Waals surface area contributed by atoms with E-state index in [0.717, 1.165) is 36.3 Å². The lowest BCUT2D eigenvalue weighted by atomic mass is 9.95. The van der Waals surface area contributed by atoms with Crippen LogP contribution in [-0.4, -0.2) is 50.4 Å². The number of nitrogens with zero attached hydrogens (tertiary/aromatic N) is 4. The van der Waals surface area contributed by atoms with Crippen LogP contribution in [0.5, 0.6) is 0 Å². The molecule has 12 heteroatoms. The van der Waals surface area contributed by atoms with Crippen molar-refractivity contribution in [3.63, 3.8) is 0 Å². The van der Waals surface area contributed by atoms with Crippen molar-refractivity contribution >= 4 is 38.8 Å². The largest absolute Gasteiger partial charge is 0.416 e. The van der Waals surface area contributed by atoms with Gasteiger partial charge in [0, 0.05) is 30.6 Å². The number of aliphatic hydroxyl groups excluding tert-OH is 1. The van der Waals surface area contributed by atoms with Gasteiger partial charge in [0.05, 0.1) is 34.6 Å². The summed E-state index contributed by atoms with van der Waals surface area (Å²) in [5.41, 5.74) is 1.35. The predicted octanol–water partition coefficient (Wildman–Crippen LogP) is 4.48. The summed E-state index contributed by atoms with van der Waals surface area (Å²) in [5, 5.41) is 25.3. The number of aliphatic hydroxyl groups is 1. The fourth-order valence-electron chi connectivity index (χ4n) is 4.37. The lowest BCUT2D eigenvalue weighted by Gasteiger charge is -2.28. The summed E-state index contributed by atoms with van der Waals surface area (Å²) in [6.07, 6.45) is -2.14. The van der Waals surface area contributed by atoms with Crippen molar-refractivity contribution in [1.29, 1.82) is 0 Å². The highest BCUT2D eigenvalue weighted by Gasteiger charge is 2.31. The summed E-state index contributed by atoms with van der Waals surface area (Å²) >= 11 is 1.35. The molecule has 1 fully saturated rings. The maximum absolute atomic E-state index is 13.1. The molecule has 2 atom stereocenters. The van der Waals surface area contributed by atoms with Crippen LogP contribution in [0.15, 0.2) is 30.5 Å². The summed E-state index contributed by atoms with van der Waals surface area (Å²) < 4.78 is 41.6. The number of nitrogens with one attached hydrogen (secondary N) is 3. The highest BCUT2D eigenvalue weighted by atomic mass is 32.1. The van der Waals surface area contributed by atoms with Gasteiger partial charge >= 0.3 is 6.18 Å². The molecule has 8 nitrogen and oxygen atoms in total. The van der Waals surface area contributed by atoms with Crippen molar-refractivity contribution < 1.29 is 18.3 Å². The third kappa shape index (κ3) is 5.11. The van der Waals surface area contributed by atoms with Crippen LogP contribution in [0.3, 0.4) is 0 Å². The average molecular weight is 520 g/mol. The van der Waals surface area contributed by atoms with Crippen LogP contribution < -0.4 is 16.0 Å². The van der Waals surface area contributed by atoms with E-state index in [-0.39, 0.29) is 11.8 Å². The summed E-state index contributed by atoms with van der Waals surface area (Å²) in [6, 6.07) is 5.48. The molecule has 0 spiro atoms. The van der Waals surface area contributed by atoms with Gasteiger partial charge < -0.3 is 21.1 Å². The Bertz CT molecular complexity index is 1370. The Kier molecular flexibility index (Phi) is 6.75. The van der Waals surface area contributed by atoms with Gasteiger partial charge in [-0.15, -0.1) is 11.3 Å². The molecular weight excluding hydrogens is 491 g/mol. The van der Waals surface area contributed by atoms with Gasteiger partial charge in [-0.25, -0.2) is 9.97 Å². The number of hydrogen-bond acceptors (Lipinski definition) is 8. The average Bonchev–Trinajstić information content (AvgIpc) is 3.45. The first-order valence-electron chi connectivity index (χ1n) is 11.9. The van der Waals surface area contributed by atoms with Crippen molar-refractivity contribution in [3.05, 3.63) is 46.6 Å². The van der Waals surface area contributed by atoms with Gasteiger partial charge in [0.2, 0.25) is 0 Å². The predicted molar refractivity (Wildman–Crippen MR) is 134 cm³/mol. The molecule has 1 aromatic carbocycles. The van der Waals surface area contributed by atoms with Crippen LogP contribution >= 0.6 is 11.3 Å². The van der Waals surface area contributed by atoms with Crippen LogP contribution in [0.2, 0.25) is 0 Å². The van der Waals surface area contributed by atoms with E-state index in [0.29, 0.717) is 46.5 Å². The van der Waals surface area contributed by atoms with Crippen molar-refractivity contribution in [1.82, 2.24) is 24.9 Å². The number of rotatable bonds is 7. The Morgan fingerprint density at radius 1 is 1.22 bits per heavy atom. The Morgan fingerprint density at radius 2 is 2.06 bits per heavy atom. The molecule has 3 aromatic heterocycles. The molecule has 4 N–H and O–H groups in total. The molecule has 1 aliphatic heterocycles. The van der Waals surface area contributed by atoms with Crippen molar-refractivity contribution in [2.45, 2.75) is 45.0 Å². The standard InChI is InChI=1S/C24H28F3N7OS/c1-13(2)16-10-31-34-21(8-20(33-23(16)34)29-9-14-5-6-28-11-18(14)35)30-12-22-32-17-7-15(24(25,26)27)3-4-19(17)36-22/h3-4,7-8,10,13-14,18,28,30,35H,5-6,9,11-12H2,1-2H3,(H,29,33)/t14-,18+/m1/s1. The molecule has 0 unspecified atom stereocenters. The van der Waals surface area contributed by atoms with E-state index in [1.165, 1.54) is 17.4 Å². The monoisotopic (exact) mass is 519 g/mol. The molecule has 0 bridgehead atoms. The van der Waals surface area contributed by atoms with Crippen LogP contribution in [0.1, 0.15) is 42.3 Å². The quantitative estimate of drug-likeness (QED) is 0.286. The fraction of sp³-hybridized carbons (Fsp3) is 0.458. The normalized spacial score (nSPS) is 18.9. The number of fused-ring (bicyclic) bond motifs is 2. The second-order valence-electron chi connectivity index (χ2n) is 9.36. The number of piperidine rings is 1. The van der Waals surface area contributed by atoms with Gasteiger partial charge in [0.1, 0.15) is 16.6 Å². The number of thiazole rings is 1. The number of halogens is 3. The van der Waals surface area contributed by atoms with Crippen molar-refractivity contribution in [2.24, 2.45) is 5.92 Å². The zero-order valence-corrected chi connectivity index (χ0v) is 20.7. The first-order chi connectivity index (χ1) is 17.2. The van der Waals surface area contributed by atoms with Crippen LogP contribution in [0.25, 0.3) is 15.9 Å². The van der Waals surface area contributed by atoms with Gasteiger partial charge in [-0.2, -0.15) is 22.8 Å². The number of benzene rings is 1. The van der Waals surface area contributed by atoms with E-state index in [1.807, 2.05) is 6.07 Å². The van der Waals surface area contributed by atoms with Crippen LogP contribution in [-0.2, 0) is 12.7 Å². The molecule has 5 rings (SSSR count). The van der Waals surface area contributed by atoms with Gasteiger partial charge in [-0.3, -0.25) is 0 Å². The lowest BCUT2D eigenvalue weighted by molar-refractivity contribution is -0.137. The van der Waals surface area contributed by atoms with Gasteiger partial charge in [0.25, 0.3) is 0 Å². The summed E-state index contributed by atoms with van der Waals surface area (Å²) in [6.45, 7) is 6.52. The molecule has 0 amide bonds. The Labute approximate surface area is 210 Å². The zero-order chi connectivity index (χ0) is 25.4. The van der Waals surface area contributed by atoms with E-state index in [4.69, 9.17) is 4.98 Å². The topological polar surface area (TPSA) is 99.4 Å². The third-order valence-electron chi connectivity index (χ3n) is 6.44. The molecule has 4 aromatic rings. The number of β-amino-alcohol motifs (C(OH)–C–C–N with tert-alkyl or cyclic N) is 1. The molecule has 192 valence electrons. The molecule has 0 saturated carbocycles. The minimum Gasteiger partial charge on any atom is -0.391 e. The Hall–Kier alpha value is -2.96. The second-order valence-corrected chi connectivity index (χ2v) is 10.5. The smallest absolute Gasteiger partial charge is 0.391 e. The van der Waals surface area contributed by atoms with Crippen molar-refractivity contribution in [3.8, 4) is 0 Å². The van der Waals surface area contributed by atoms with E-state index in [2.05, 4.69) is 39.9 Å². The van der Waals surface area contributed by atoms with Crippen LogP contribution in [0.4, 0.5) is 24.8 Å².